The van der Waals surface area contributed by atoms with E-state index in [2.05, 4.69) is 25.5 Å². The van der Waals surface area contributed by atoms with E-state index in [1.165, 1.54) is 0 Å². The van der Waals surface area contributed by atoms with Crippen molar-refractivity contribution in [2.24, 2.45) is 7.05 Å². The number of aromatic hydroxyl groups is 1. The van der Waals surface area contributed by atoms with Crippen LogP contribution in [-0.2, 0) is 7.05 Å². The van der Waals surface area contributed by atoms with E-state index in [1.807, 2.05) is 25.4 Å². The number of aryl methyl sites for hydroxylation is 1. The molecule has 34 heavy (non-hydrogen) atoms. The van der Waals surface area contributed by atoms with Crippen molar-refractivity contribution >= 4 is 5.82 Å². The van der Waals surface area contributed by atoms with Gasteiger partial charge in [0.2, 0.25) is 0 Å². The molecule has 3 aliphatic heterocycles. The second kappa shape index (κ2) is 7.90. The molecule has 3 aliphatic rings. The lowest BCUT2D eigenvalue weighted by Crippen LogP contribution is -2.59. The maximum atomic E-state index is 14.0. The lowest BCUT2D eigenvalue weighted by molar-refractivity contribution is -0.0672. The molecule has 0 spiro atoms. The monoisotopic (exact) mass is 468 g/mol. The van der Waals surface area contributed by atoms with E-state index >= 15 is 0 Å². The molecule has 0 amide bonds. The van der Waals surface area contributed by atoms with Crippen LogP contribution in [0.1, 0.15) is 25.7 Å². The van der Waals surface area contributed by atoms with Crippen molar-refractivity contribution in [1.82, 2.24) is 25.3 Å². The normalized spacial score (nSPS) is 25.5. The standard InChI is InChI=1S/C24H26F2N6O2/c1-31-13-15(12-27-31)14-2-3-19(21(33)6-14)20-9-22-23(30-29-20)32(4-5-34-22)18-7-16-10-24(25,26)11-17(8-18)28-16/h2-3,6,9,12-13,16-18,28,33H,4-5,7-8,10-11H2,1H3/t16-,17+,18?. The van der Waals surface area contributed by atoms with Crippen molar-refractivity contribution in [1.29, 1.82) is 0 Å². The molecule has 6 rings (SSSR count). The van der Waals surface area contributed by atoms with E-state index in [-0.39, 0.29) is 36.7 Å². The number of hydrogen-bond donors (Lipinski definition) is 2. The van der Waals surface area contributed by atoms with E-state index in [1.54, 1.807) is 23.0 Å². The molecule has 8 nitrogen and oxygen atoms in total. The molecule has 2 fully saturated rings. The number of anilines is 1. The van der Waals surface area contributed by atoms with Gasteiger partial charge >= 0.3 is 0 Å². The lowest BCUT2D eigenvalue weighted by atomic mass is 9.81. The van der Waals surface area contributed by atoms with Gasteiger partial charge in [-0.1, -0.05) is 6.07 Å². The maximum Gasteiger partial charge on any atom is 0.251 e. The Morgan fingerprint density at radius 2 is 1.91 bits per heavy atom. The Morgan fingerprint density at radius 3 is 2.62 bits per heavy atom. The Morgan fingerprint density at radius 1 is 1.12 bits per heavy atom. The number of hydrogen-bond acceptors (Lipinski definition) is 7. The smallest absolute Gasteiger partial charge is 0.251 e. The number of phenols is 1. The van der Waals surface area contributed by atoms with Crippen LogP contribution in [0.25, 0.3) is 22.4 Å². The van der Waals surface area contributed by atoms with E-state index in [0.29, 0.717) is 48.8 Å². The van der Waals surface area contributed by atoms with Crippen molar-refractivity contribution in [3.8, 4) is 33.9 Å². The van der Waals surface area contributed by atoms with Gasteiger partial charge in [-0.3, -0.25) is 4.68 Å². The number of alkyl halides is 2. The molecule has 1 unspecified atom stereocenters. The fraction of sp³-hybridized carbons (Fsp3) is 0.458. The minimum Gasteiger partial charge on any atom is -0.507 e. The van der Waals surface area contributed by atoms with Crippen molar-refractivity contribution < 1.29 is 18.6 Å². The molecule has 2 bridgehead atoms. The molecule has 5 heterocycles. The van der Waals surface area contributed by atoms with Crippen LogP contribution in [0, 0.1) is 0 Å². The third-order valence-corrected chi connectivity index (χ3v) is 7.03. The quantitative estimate of drug-likeness (QED) is 0.609. The van der Waals surface area contributed by atoms with E-state index < -0.39 is 5.92 Å². The number of fused-ring (bicyclic) bond motifs is 3. The van der Waals surface area contributed by atoms with Gasteiger partial charge in [0.1, 0.15) is 18.1 Å². The average Bonchev–Trinajstić information content (AvgIpc) is 3.23. The number of phenolic OH excluding ortho intramolecular Hbond substituents is 1. The zero-order valence-corrected chi connectivity index (χ0v) is 18.8. The predicted octanol–water partition coefficient (Wildman–Crippen LogP) is 3.37. The molecule has 1 aromatic carbocycles. The first-order valence-corrected chi connectivity index (χ1v) is 11.6. The van der Waals surface area contributed by atoms with Gasteiger partial charge in [-0.25, -0.2) is 8.78 Å². The molecule has 2 saturated heterocycles. The van der Waals surface area contributed by atoms with Crippen LogP contribution >= 0.6 is 0 Å². The Hall–Kier alpha value is -3.27. The first-order chi connectivity index (χ1) is 16.3. The minimum atomic E-state index is -2.59. The van der Waals surface area contributed by atoms with Crippen LogP contribution in [0.2, 0.25) is 0 Å². The number of ether oxygens (including phenoxy) is 1. The average molecular weight is 469 g/mol. The molecule has 2 N–H and O–H groups in total. The summed E-state index contributed by atoms with van der Waals surface area (Å²) in [5.41, 5.74) is 2.83. The number of halogens is 2. The molecule has 10 heteroatoms. The zero-order valence-electron chi connectivity index (χ0n) is 18.8. The lowest BCUT2D eigenvalue weighted by Gasteiger charge is -2.47. The van der Waals surface area contributed by atoms with Crippen LogP contribution < -0.4 is 15.0 Å². The van der Waals surface area contributed by atoms with Crippen LogP contribution in [0.4, 0.5) is 14.6 Å². The van der Waals surface area contributed by atoms with Gasteiger partial charge in [0.05, 0.1) is 12.7 Å². The van der Waals surface area contributed by atoms with Crippen molar-refractivity contribution in [2.75, 3.05) is 18.1 Å². The summed E-state index contributed by atoms with van der Waals surface area (Å²) >= 11 is 0. The first kappa shape index (κ1) is 21.3. The summed E-state index contributed by atoms with van der Waals surface area (Å²) in [7, 11) is 1.84. The molecule has 3 atom stereocenters. The Kier molecular flexibility index (Phi) is 4.94. The number of benzene rings is 1. The Labute approximate surface area is 195 Å². The molecular weight excluding hydrogens is 442 g/mol. The van der Waals surface area contributed by atoms with Crippen LogP contribution in [0.5, 0.6) is 11.5 Å². The summed E-state index contributed by atoms with van der Waals surface area (Å²) < 4.78 is 35.6. The maximum absolute atomic E-state index is 14.0. The van der Waals surface area contributed by atoms with Crippen LogP contribution in [0.3, 0.4) is 0 Å². The minimum absolute atomic E-state index is 0.0929. The molecule has 0 saturated carbocycles. The Balaban J connectivity index is 1.26. The fourth-order valence-electron chi connectivity index (χ4n) is 5.58. The summed E-state index contributed by atoms with van der Waals surface area (Å²) in [5, 5.41) is 27.1. The summed E-state index contributed by atoms with van der Waals surface area (Å²) in [5.74, 6) is -1.26. The van der Waals surface area contributed by atoms with Crippen molar-refractivity contribution in [3.63, 3.8) is 0 Å². The topological polar surface area (TPSA) is 88.3 Å². The predicted molar refractivity (Wildman–Crippen MR) is 122 cm³/mol. The van der Waals surface area contributed by atoms with Gasteiger partial charge in [-0.2, -0.15) is 5.10 Å². The molecule has 178 valence electrons. The van der Waals surface area contributed by atoms with Gasteiger partial charge in [0.25, 0.3) is 5.92 Å². The largest absolute Gasteiger partial charge is 0.507 e. The van der Waals surface area contributed by atoms with Gasteiger partial charge in [0.15, 0.2) is 11.6 Å². The van der Waals surface area contributed by atoms with Crippen LogP contribution in [0.15, 0.2) is 36.7 Å². The van der Waals surface area contributed by atoms with Gasteiger partial charge in [-0.15, -0.1) is 10.2 Å². The third kappa shape index (κ3) is 3.85. The number of aromatic nitrogens is 4. The summed E-state index contributed by atoms with van der Waals surface area (Å²) in [6.07, 6.45) is 4.68. The van der Waals surface area contributed by atoms with Gasteiger partial charge in [0, 0.05) is 61.4 Å². The molecule has 0 aliphatic carbocycles. The number of piperidine rings is 2. The second-order valence-corrected chi connectivity index (χ2v) is 9.54. The van der Waals surface area contributed by atoms with Gasteiger partial charge in [-0.05, 0) is 30.5 Å². The van der Waals surface area contributed by atoms with E-state index in [4.69, 9.17) is 4.74 Å². The molecule has 0 radical (unpaired) electrons. The fourth-order valence-corrected chi connectivity index (χ4v) is 5.58. The molecule has 3 aromatic rings. The highest BCUT2D eigenvalue weighted by atomic mass is 19.3. The molecular formula is C24H26F2N6O2. The SMILES string of the molecule is Cn1cc(-c2ccc(-c3cc4c(nn3)N(C3C[C@@H]5CC(F)(F)C[C@H](C3)N5)CCO4)c(O)c2)cn1. The summed E-state index contributed by atoms with van der Waals surface area (Å²) in [6.45, 7) is 1.13. The summed E-state index contributed by atoms with van der Waals surface area (Å²) in [4.78, 5) is 2.16. The highest BCUT2D eigenvalue weighted by molar-refractivity contribution is 5.75. The first-order valence-electron chi connectivity index (χ1n) is 11.6. The zero-order chi connectivity index (χ0) is 23.4. The number of nitrogens with zero attached hydrogens (tertiary/aromatic N) is 5. The third-order valence-electron chi connectivity index (χ3n) is 7.03. The van der Waals surface area contributed by atoms with E-state index in [0.717, 1.165) is 11.1 Å². The van der Waals surface area contributed by atoms with E-state index in [9.17, 15) is 13.9 Å². The second-order valence-electron chi connectivity index (χ2n) is 9.54. The van der Waals surface area contributed by atoms with Crippen molar-refractivity contribution in [3.05, 3.63) is 36.7 Å². The summed E-state index contributed by atoms with van der Waals surface area (Å²) in [6, 6.07) is 6.92. The highest BCUT2D eigenvalue weighted by Gasteiger charge is 2.46. The highest BCUT2D eigenvalue weighted by Crippen LogP contribution is 2.41. The van der Waals surface area contributed by atoms with Gasteiger partial charge < -0.3 is 20.1 Å². The number of nitrogens with one attached hydrogen (secondary N) is 1. The molecule has 2 aromatic heterocycles. The Bertz CT molecular complexity index is 1220. The van der Waals surface area contributed by atoms with Crippen LogP contribution in [-0.4, -0.2) is 62.3 Å². The number of rotatable bonds is 3. The van der Waals surface area contributed by atoms with Crippen molar-refractivity contribution in [2.45, 2.75) is 49.7 Å².